The van der Waals surface area contributed by atoms with Gasteiger partial charge in [-0.1, -0.05) is 24.6 Å². The fourth-order valence-corrected chi connectivity index (χ4v) is 12.3. The Labute approximate surface area is 326 Å². The van der Waals surface area contributed by atoms with E-state index >= 15 is 0 Å². The normalized spacial score (nSPS) is 49.0. The molecule has 13 nitrogen and oxygen atoms in total. The third-order valence-electron chi connectivity index (χ3n) is 15.4. The highest BCUT2D eigenvalue weighted by Crippen LogP contribution is 2.62. The maximum atomic E-state index is 14.2. The third kappa shape index (κ3) is 7.77. The molecule has 10 N–H and O–H groups in total. The minimum absolute atomic E-state index is 0.0131. The molecular formula is C42H68N4O9. The number of carbonyl (C=O) groups excluding carboxylic acids is 2. The number of aliphatic hydroxyl groups is 4. The van der Waals surface area contributed by atoms with Crippen molar-refractivity contribution in [1.29, 1.82) is 0 Å². The van der Waals surface area contributed by atoms with E-state index in [0.29, 0.717) is 43.7 Å². The van der Waals surface area contributed by atoms with Crippen molar-refractivity contribution in [1.82, 2.24) is 10.6 Å². The second-order valence-electron chi connectivity index (χ2n) is 18.5. The van der Waals surface area contributed by atoms with Crippen LogP contribution in [-0.4, -0.2) is 113 Å². The molecule has 7 aliphatic rings. The molecule has 4 saturated heterocycles. The zero-order chi connectivity index (χ0) is 39.2. The second kappa shape index (κ2) is 16.8. The molecule has 0 radical (unpaired) electrons. The molecule has 0 aromatic carbocycles. The number of nitrogens with one attached hydrogen (secondary N) is 2. The van der Waals surface area contributed by atoms with Crippen LogP contribution >= 0.6 is 0 Å². The molecule has 3 aliphatic carbocycles. The molecule has 4 aliphatic heterocycles. The SMILES string of the molecule is CC=C(C)C(=O)OC1CC2C(O)C3C(=O)CC(CO)OC3C(C3C4CCNC(N)C4C=CC3(CO)C3CCCC(O)C3)C2OC1(C)CCC1CCC(N)NC1. The number of piperidine rings is 2. The van der Waals surface area contributed by atoms with Crippen LogP contribution < -0.4 is 22.1 Å². The van der Waals surface area contributed by atoms with Crippen LogP contribution in [0.4, 0.5) is 0 Å². The molecule has 310 valence electrons. The van der Waals surface area contributed by atoms with E-state index in [-0.39, 0.29) is 61.4 Å². The molecule has 6 fully saturated rings. The summed E-state index contributed by atoms with van der Waals surface area (Å²) in [6.07, 6.45) is 8.42. The van der Waals surface area contributed by atoms with Gasteiger partial charge >= 0.3 is 5.97 Å². The molecule has 0 amide bonds. The molecule has 18 atom stereocenters. The third-order valence-corrected chi connectivity index (χ3v) is 15.4. The van der Waals surface area contributed by atoms with Crippen LogP contribution in [0.1, 0.15) is 91.4 Å². The average molecular weight is 773 g/mol. The van der Waals surface area contributed by atoms with Crippen LogP contribution in [0.2, 0.25) is 0 Å². The van der Waals surface area contributed by atoms with Gasteiger partial charge in [-0.25, -0.2) is 4.79 Å². The summed E-state index contributed by atoms with van der Waals surface area (Å²) in [4.78, 5) is 27.7. The number of ether oxygens (including phenoxy) is 3. The Balaban J connectivity index is 1.35. The Bertz CT molecular complexity index is 1440. The Kier molecular flexibility index (Phi) is 12.7. The molecule has 0 bridgehead atoms. The fraction of sp³-hybridized carbons (Fsp3) is 0.857. The van der Waals surface area contributed by atoms with E-state index in [1.807, 2.05) is 6.92 Å². The Morgan fingerprint density at radius 2 is 1.87 bits per heavy atom. The summed E-state index contributed by atoms with van der Waals surface area (Å²) in [5, 5.41) is 52.5. The lowest BCUT2D eigenvalue weighted by atomic mass is 9.46. The van der Waals surface area contributed by atoms with Gasteiger partial charge in [0.25, 0.3) is 0 Å². The minimum atomic E-state index is -1.14. The Morgan fingerprint density at radius 1 is 1.07 bits per heavy atom. The summed E-state index contributed by atoms with van der Waals surface area (Å²) >= 11 is 0. The smallest absolute Gasteiger partial charge is 0.333 e. The highest BCUT2D eigenvalue weighted by molar-refractivity contribution is 5.87. The quantitative estimate of drug-likeness (QED) is 0.0951. The van der Waals surface area contributed by atoms with Gasteiger partial charge in [0.15, 0.2) is 0 Å². The number of ketones is 1. The first kappa shape index (κ1) is 41.4. The average Bonchev–Trinajstić information content (AvgIpc) is 3.18. The molecular weight excluding hydrogens is 704 g/mol. The highest BCUT2D eigenvalue weighted by Gasteiger charge is 2.67. The number of Topliss-reactive ketones (excluding diaryl/α,β-unsaturated/α-hetero) is 1. The number of fused-ring (bicyclic) bond motifs is 3. The zero-order valence-electron chi connectivity index (χ0n) is 33.1. The van der Waals surface area contributed by atoms with E-state index < -0.39 is 71.4 Å². The van der Waals surface area contributed by atoms with Crippen LogP contribution in [0.15, 0.2) is 23.8 Å². The van der Waals surface area contributed by atoms with E-state index in [2.05, 4.69) is 22.8 Å². The topological polar surface area (TPSA) is 219 Å². The minimum Gasteiger partial charge on any atom is -0.456 e. The number of aliphatic hydroxyl groups excluding tert-OH is 4. The van der Waals surface area contributed by atoms with Crippen molar-refractivity contribution in [3.63, 3.8) is 0 Å². The van der Waals surface area contributed by atoms with Crippen molar-refractivity contribution in [2.75, 3.05) is 26.3 Å². The van der Waals surface area contributed by atoms with Crippen LogP contribution in [0.5, 0.6) is 0 Å². The van der Waals surface area contributed by atoms with Gasteiger partial charge in [-0.15, -0.1) is 0 Å². The number of carbonyl (C=O) groups is 2. The standard InChI is InChI=1S/C42H68N4O9/c1-4-22(2)40(52)54-31-18-29-36(51)33-30(50)17-26(20-47)53-38(33)34(37(29)55-41(31,3)13-10-23-8-9-32(43)46-19-23)35-27-12-15-45-39(44)28(27)11-14-42(35,21-48)24-6-5-7-25(49)16-24/h4,11,14,23-29,31-39,45-49,51H,5-10,12-13,15-21,43-44H2,1-3H3. The van der Waals surface area contributed by atoms with E-state index in [1.165, 1.54) is 0 Å². The van der Waals surface area contributed by atoms with E-state index in [9.17, 15) is 30.0 Å². The summed E-state index contributed by atoms with van der Waals surface area (Å²) < 4.78 is 20.6. The second-order valence-corrected chi connectivity index (χ2v) is 18.5. The summed E-state index contributed by atoms with van der Waals surface area (Å²) in [6.45, 7) is 6.50. The summed E-state index contributed by atoms with van der Waals surface area (Å²) in [5.74, 6) is -2.65. The molecule has 0 aromatic heterocycles. The largest absolute Gasteiger partial charge is 0.456 e. The van der Waals surface area contributed by atoms with Crippen molar-refractivity contribution in [3.05, 3.63) is 23.8 Å². The highest BCUT2D eigenvalue weighted by atomic mass is 16.6. The number of esters is 1. The summed E-state index contributed by atoms with van der Waals surface area (Å²) in [7, 11) is 0. The van der Waals surface area contributed by atoms with Crippen molar-refractivity contribution >= 4 is 11.8 Å². The zero-order valence-corrected chi connectivity index (χ0v) is 33.1. The first-order valence-electron chi connectivity index (χ1n) is 21.3. The van der Waals surface area contributed by atoms with Gasteiger partial charge in [-0.2, -0.15) is 0 Å². The molecule has 4 heterocycles. The van der Waals surface area contributed by atoms with E-state index in [0.717, 1.165) is 45.1 Å². The van der Waals surface area contributed by atoms with Gasteiger partial charge in [-0.3, -0.25) is 4.79 Å². The van der Waals surface area contributed by atoms with Crippen molar-refractivity contribution < 1.29 is 44.2 Å². The Hall–Kier alpha value is -1.78. The van der Waals surface area contributed by atoms with Crippen LogP contribution in [0.25, 0.3) is 0 Å². The van der Waals surface area contributed by atoms with Gasteiger partial charge in [0.05, 0.1) is 62.0 Å². The number of hydrogen-bond donors (Lipinski definition) is 8. The number of nitrogens with two attached hydrogens (primary N) is 2. The van der Waals surface area contributed by atoms with Gasteiger partial charge in [0.1, 0.15) is 17.5 Å². The molecule has 0 spiro atoms. The number of allylic oxidation sites excluding steroid dienone is 1. The first-order valence-corrected chi connectivity index (χ1v) is 21.3. The van der Waals surface area contributed by atoms with Gasteiger partial charge < -0.3 is 56.7 Å². The maximum Gasteiger partial charge on any atom is 0.333 e. The van der Waals surface area contributed by atoms with E-state index in [1.54, 1.807) is 19.9 Å². The van der Waals surface area contributed by atoms with Gasteiger partial charge in [-0.05, 0) is 115 Å². The van der Waals surface area contributed by atoms with Gasteiger partial charge in [0, 0.05) is 35.2 Å². The number of hydrogen-bond acceptors (Lipinski definition) is 13. The fourth-order valence-electron chi connectivity index (χ4n) is 12.3. The van der Waals surface area contributed by atoms with Crippen molar-refractivity contribution in [2.24, 2.45) is 64.2 Å². The van der Waals surface area contributed by atoms with Crippen LogP contribution in [-0.2, 0) is 23.8 Å². The van der Waals surface area contributed by atoms with Crippen LogP contribution in [0, 0.1) is 52.8 Å². The molecule has 13 heteroatoms. The molecule has 0 aromatic rings. The molecule has 18 unspecified atom stereocenters. The lowest BCUT2D eigenvalue weighted by Gasteiger charge is -2.64. The molecule has 2 saturated carbocycles. The van der Waals surface area contributed by atoms with Crippen molar-refractivity contribution in [3.8, 4) is 0 Å². The lowest BCUT2D eigenvalue weighted by Crippen LogP contribution is -2.71. The van der Waals surface area contributed by atoms with E-state index in [4.69, 9.17) is 25.7 Å². The monoisotopic (exact) mass is 772 g/mol. The van der Waals surface area contributed by atoms with Crippen molar-refractivity contribution in [2.45, 2.75) is 146 Å². The summed E-state index contributed by atoms with van der Waals surface area (Å²) in [6, 6.07) is 0. The number of rotatable bonds is 9. The lowest BCUT2D eigenvalue weighted by molar-refractivity contribution is -0.301. The predicted octanol–water partition coefficient (Wildman–Crippen LogP) is 1.64. The first-order chi connectivity index (χ1) is 26.3. The molecule has 55 heavy (non-hydrogen) atoms. The molecule has 7 rings (SSSR count). The Morgan fingerprint density at radius 3 is 2.56 bits per heavy atom. The summed E-state index contributed by atoms with van der Waals surface area (Å²) in [5.41, 5.74) is 11.7. The van der Waals surface area contributed by atoms with Crippen LogP contribution in [0.3, 0.4) is 0 Å². The maximum absolute atomic E-state index is 14.2. The van der Waals surface area contributed by atoms with Gasteiger partial charge in [0.2, 0.25) is 0 Å². The predicted molar refractivity (Wildman–Crippen MR) is 205 cm³/mol.